The lowest BCUT2D eigenvalue weighted by Gasteiger charge is -2.26. The van der Waals surface area contributed by atoms with Crippen molar-refractivity contribution >= 4 is 10.0 Å². The van der Waals surface area contributed by atoms with Crippen LogP contribution in [0.2, 0.25) is 0 Å². The van der Waals surface area contributed by atoms with Crippen LogP contribution in [0.15, 0.2) is 0 Å². The molecule has 6 nitrogen and oxygen atoms in total. The van der Waals surface area contributed by atoms with Crippen LogP contribution in [0.25, 0.3) is 0 Å². The average molecular weight is 305 g/mol. The zero-order valence-electron chi connectivity index (χ0n) is 12.1. The van der Waals surface area contributed by atoms with Gasteiger partial charge in [-0.1, -0.05) is 0 Å². The normalized spacial score (nSPS) is 21.2. The lowest BCUT2D eigenvalue weighted by Crippen LogP contribution is -2.41. The van der Waals surface area contributed by atoms with Gasteiger partial charge in [-0.2, -0.15) is 0 Å². The molecule has 2 N–H and O–H groups in total. The van der Waals surface area contributed by atoms with E-state index in [0.29, 0.717) is 12.6 Å². The molecule has 1 heterocycles. The molecular weight excluding hydrogens is 278 g/mol. The molecule has 2 aliphatic rings. The summed E-state index contributed by atoms with van der Waals surface area (Å²) in [5, 5.41) is 3.40. The minimum Gasteiger partial charge on any atom is -0.379 e. The Bertz CT molecular complexity index is 365. The standard InChI is InChI=1S/C13H27N3O3S/c17-20(18,12-2-1-5-14-13-3-4-13)15-6-7-16-8-10-19-11-9-16/h13-15H,1-12H2. The Morgan fingerprint density at radius 3 is 2.55 bits per heavy atom. The van der Waals surface area contributed by atoms with Gasteiger partial charge in [0.25, 0.3) is 0 Å². The van der Waals surface area contributed by atoms with E-state index in [9.17, 15) is 8.42 Å². The van der Waals surface area contributed by atoms with Crippen LogP contribution in [-0.2, 0) is 14.8 Å². The Kier molecular flexibility index (Phi) is 6.70. The van der Waals surface area contributed by atoms with E-state index < -0.39 is 10.0 Å². The second kappa shape index (κ2) is 8.29. The molecule has 2 rings (SSSR count). The summed E-state index contributed by atoms with van der Waals surface area (Å²) in [6.07, 6.45) is 4.22. The van der Waals surface area contributed by atoms with Gasteiger partial charge in [0.2, 0.25) is 10.0 Å². The molecule has 0 radical (unpaired) electrons. The third kappa shape index (κ3) is 6.99. The van der Waals surface area contributed by atoms with E-state index in [1.807, 2.05) is 0 Å². The minimum atomic E-state index is -3.10. The van der Waals surface area contributed by atoms with Crippen molar-refractivity contribution in [3.63, 3.8) is 0 Å². The monoisotopic (exact) mass is 305 g/mol. The molecule has 0 atom stereocenters. The lowest BCUT2D eigenvalue weighted by molar-refractivity contribution is 0.0390. The Hall–Kier alpha value is -0.210. The van der Waals surface area contributed by atoms with Gasteiger partial charge >= 0.3 is 0 Å². The van der Waals surface area contributed by atoms with Crippen molar-refractivity contribution in [1.29, 1.82) is 0 Å². The van der Waals surface area contributed by atoms with Crippen molar-refractivity contribution in [2.45, 2.75) is 31.7 Å². The molecule has 0 unspecified atom stereocenters. The first-order chi connectivity index (χ1) is 9.66. The first-order valence-corrected chi connectivity index (χ1v) is 9.32. The molecule has 118 valence electrons. The number of hydrogen-bond donors (Lipinski definition) is 2. The summed E-state index contributed by atoms with van der Waals surface area (Å²) in [4.78, 5) is 2.23. The van der Waals surface area contributed by atoms with E-state index in [1.54, 1.807) is 0 Å². The van der Waals surface area contributed by atoms with Gasteiger partial charge in [-0.05, 0) is 32.2 Å². The molecule has 1 aliphatic carbocycles. The predicted molar refractivity (Wildman–Crippen MR) is 79.3 cm³/mol. The van der Waals surface area contributed by atoms with Gasteiger partial charge in [0.1, 0.15) is 0 Å². The number of morpholine rings is 1. The summed E-state index contributed by atoms with van der Waals surface area (Å²) in [6.45, 7) is 5.51. The average Bonchev–Trinajstić information content (AvgIpc) is 3.23. The highest BCUT2D eigenvalue weighted by atomic mass is 32.2. The van der Waals surface area contributed by atoms with Gasteiger partial charge in [-0.25, -0.2) is 13.1 Å². The van der Waals surface area contributed by atoms with E-state index in [2.05, 4.69) is 14.9 Å². The fourth-order valence-electron chi connectivity index (χ4n) is 2.27. The summed E-state index contributed by atoms with van der Waals surface area (Å²) >= 11 is 0. The minimum absolute atomic E-state index is 0.239. The highest BCUT2D eigenvalue weighted by Crippen LogP contribution is 2.18. The second-order valence-electron chi connectivity index (χ2n) is 5.60. The van der Waals surface area contributed by atoms with Crippen molar-refractivity contribution in [3.05, 3.63) is 0 Å². The molecule has 0 aromatic carbocycles. The fraction of sp³-hybridized carbons (Fsp3) is 1.00. The van der Waals surface area contributed by atoms with Crippen molar-refractivity contribution < 1.29 is 13.2 Å². The van der Waals surface area contributed by atoms with Crippen LogP contribution < -0.4 is 10.0 Å². The maximum absolute atomic E-state index is 11.8. The Balaban J connectivity index is 1.48. The van der Waals surface area contributed by atoms with E-state index >= 15 is 0 Å². The molecule has 2 fully saturated rings. The predicted octanol–water partition coefficient (Wildman–Crippen LogP) is -0.230. The Labute approximate surface area is 122 Å². The number of hydrogen-bond acceptors (Lipinski definition) is 5. The van der Waals surface area contributed by atoms with Gasteiger partial charge in [0.05, 0.1) is 19.0 Å². The SMILES string of the molecule is O=S(=O)(CCCCNC1CC1)NCCN1CCOCC1. The first kappa shape index (κ1) is 16.2. The number of ether oxygens (including phenoxy) is 1. The quantitative estimate of drug-likeness (QED) is 0.546. The summed E-state index contributed by atoms with van der Waals surface area (Å²) in [7, 11) is -3.10. The van der Waals surface area contributed by atoms with Crippen LogP contribution in [0, 0.1) is 0 Å². The van der Waals surface area contributed by atoms with Gasteiger partial charge in [0, 0.05) is 32.2 Å². The second-order valence-corrected chi connectivity index (χ2v) is 7.53. The van der Waals surface area contributed by atoms with E-state index in [0.717, 1.165) is 52.2 Å². The van der Waals surface area contributed by atoms with E-state index in [4.69, 9.17) is 4.74 Å². The number of unbranched alkanes of at least 4 members (excludes halogenated alkanes) is 1. The number of sulfonamides is 1. The molecular formula is C13H27N3O3S. The summed E-state index contributed by atoms with van der Waals surface area (Å²) in [5.41, 5.74) is 0. The highest BCUT2D eigenvalue weighted by Gasteiger charge is 2.19. The zero-order valence-corrected chi connectivity index (χ0v) is 13.0. The van der Waals surface area contributed by atoms with E-state index in [-0.39, 0.29) is 5.75 Å². The first-order valence-electron chi connectivity index (χ1n) is 7.66. The molecule has 1 saturated carbocycles. The van der Waals surface area contributed by atoms with Crippen molar-refractivity contribution in [2.75, 3.05) is 51.7 Å². The van der Waals surface area contributed by atoms with Crippen LogP contribution in [0.1, 0.15) is 25.7 Å². The zero-order chi connectivity index (χ0) is 14.3. The molecule has 1 saturated heterocycles. The molecule has 0 aromatic heterocycles. The molecule has 0 bridgehead atoms. The number of nitrogens with zero attached hydrogens (tertiary/aromatic N) is 1. The largest absolute Gasteiger partial charge is 0.379 e. The van der Waals surface area contributed by atoms with Crippen molar-refractivity contribution in [1.82, 2.24) is 14.9 Å². The smallest absolute Gasteiger partial charge is 0.211 e. The number of rotatable bonds is 10. The van der Waals surface area contributed by atoms with Crippen LogP contribution in [0.5, 0.6) is 0 Å². The molecule has 0 aromatic rings. The lowest BCUT2D eigenvalue weighted by atomic mass is 10.3. The highest BCUT2D eigenvalue weighted by molar-refractivity contribution is 7.89. The van der Waals surface area contributed by atoms with Gasteiger partial charge in [-0.15, -0.1) is 0 Å². The summed E-state index contributed by atoms with van der Waals surface area (Å²) in [6, 6.07) is 0.707. The summed E-state index contributed by atoms with van der Waals surface area (Å²) < 4.78 is 31.6. The van der Waals surface area contributed by atoms with Crippen LogP contribution >= 0.6 is 0 Å². The number of nitrogens with one attached hydrogen (secondary N) is 2. The fourth-order valence-corrected chi connectivity index (χ4v) is 3.40. The third-order valence-electron chi connectivity index (χ3n) is 3.70. The van der Waals surface area contributed by atoms with Crippen molar-refractivity contribution in [3.8, 4) is 0 Å². The van der Waals surface area contributed by atoms with Crippen molar-refractivity contribution in [2.24, 2.45) is 0 Å². The molecule has 7 heteroatoms. The molecule has 20 heavy (non-hydrogen) atoms. The molecule has 0 amide bonds. The molecule has 1 aliphatic heterocycles. The van der Waals surface area contributed by atoms with Gasteiger partial charge < -0.3 is 10.1 Å². The van der Waals surface area contributed by atoms with Crippen LogP contribution in [-0.4, -0.2) is 71.0 Å². The Morgan fingerprint density at radius 1 is 1.10 bits per heavy atom. The third-order valence-corrected chi connectivity index (χ3v) is 5.17. The van der Waals surface area contributed by atoms with Crippen LogP contribution in [0.3, 0.4) is 0 Å². The summed E-state index contributed by atoms with van der Waals surface area (Å²) in [5.74, 6) is 0.239. The van der Waals surface area contributed by atoms with Crippen LogP contribution in [0.4, 0.5) is 0 Å². The van der Waals surface area contributed by atoms with E-state index in [1.165, 1.54) is 12.8 Å². The van der Waals surface area contributed by atoms with Gasteiger partial charge in [-0.3, -0.25) is 4.90 Å². The molecule has 0 spiro atoms. The maximum Gasteiger partial charge on any atom is 0.211 e. The van der Waals surface area contributed by atoms with Gasteiger partial charge in [0.15, 0.2) is 0 Å². The maximum atomic E-state index is 11.8. The Morgan fingerprint density at radius 2 is 1.85 bits per heavy atom. The topological polar surface area (TPSA) is 70.7 Å².